The number of halogens is 1. The van der Waals surface area contributed by atoms with Crippen molar-refractivity contribution in [1.82, 2.24) is 0 Å². The van der Waals surface area contributed by atoms with Crippen molar-refractivity contribution in [2.45, 2.75) is 19.6 Å². The molecule has 4 N–H and O–H groups in total. The average Bonchev–Trinajstić information content (AvgIpc) is 2.56. The Hall–Kier alpha value is -1.64. The molecule has 5 nitrogen and oxygen atoms in total. The van der Waals surface area contributed by atoms with Gasteiger partial charge < -0.3 is 20.9 Å². The number of aliphatic hydroxyl groups is 1. The molecule has 0 fully saturated rings. The van der Waals surface area contributed by atoms with Crippen LogP contribution in [0.25, 0.3) is 0 Å². The lowest BCUT2D eigenvalue weighted by molar-refractivity contribution is 0.0331. The van der Waals surface area contributed by atoms with Gasteiger partial charge in [0.25, 0.3) is 0 Å². The molecule has 24 heavy (non-hydrogen) atoms. The van der Waals surface area contributed by atoms with Gasteiger partial charge in [-0.1, -0.05) is 48.0 Å². The van der Waals surface area contributed by atoms with Crippen molar-refractivity contribution in [2.75, 3.05) is 18.5 Å². The van der Waals surface area contributed by atoms with Crippen LogP contribution < -0.4 is 11.1 Å². The molecule has 6 heteroatoms. The van der Waals surface area contributed by atoms with Gasteiger partial charge in [-0.25, -0.2) is 0 Å². The van der Waals surface area contributed by atoms with Crippen LogP contribution in [0.3, 0.4) is 0 Å². The second-order valence-electron chi connectivity index (χ2n) is 5.37. The first kappa shape index (κ1) is 20.4. The molecule has 0 spiro atoms. The van der Waals surface area contributed by atoms with Gasteiger partial charge in [-0.05, 0) is 24.6 Å². The third-order valence-corrected chi connectivity index (χ3v) is 3.22. The summed E-state index contributed by atoms with van der Waals surface area (Å²) in [7, 11) is 0. The minimum absolute atomic E-state index is 0. The Labute approximate surface area is 160 Å². The molecule has 0 aliphatic rings. The van der Waals surface area contributed by atoms with Crippen molar-refractivity contribution in [3.8, 4) is 0 Å². The number of nitrogens with zero attached hydrogens (tertiary/aromatic N) is 1. The van der Waals surface area contributed by atoms with Gasteiger partial charge in [-0.15, -0.1) is 24.0 Å². The molecule has 1 atom stereocenters. The SMILES string of the molecule is Cc1ccc(NC(N)=NCC(O)COCc2ccccc2)cc1.I. The summed E-state index contributed by atoms with van der Waals surface area (Å²) in [5.41, 5.74) is 8.92. The lowest BCUT2D eigenvalue weighted by atomic mass is 10.2. The van der Waals surface area contributed by atoms with Gasteiger partial charge >= 0.3 is 0 Å². The Morgan fingerprint density at radius 3 is 2.50 bits per heavy atom. The van der Waals surface area contributed by atoms with Crippen molar-refractivity contribution in [1.29, 1.82) is 0 Å². The maximum Gasteiger partial charge on any atom is 0.193 e. The molecule has 0 amide bonds. The van der Waals surface area contributed by atoms with E-state index in [9.17, 15) is 5.11 Å². The molecule has 0 bridgehead atoms. The summed E-state index contributed by atoms with van der Waals surface area (Å²) in [4.78, 5) is 4.12. The normalized spacial score (nSPS) is 12.3. The molecule has 0 aliphatic heterocycles. The largest absolute Gasteiger partial charge is 0.389 e. The zero-order chi connectivity index (χ0) is 16.5. The first-order chi connectivity index (χ1) is 11.1. The number of aliphatic imine (C=N–C) groups is 1. The number of rotatable bonds is 7. The molecule has 2 aromatic rings. The fraction of sp³-hybridized carbons (Fsp3) is 0.278. The van der Waals surface area contributed by atoms with Crippen molar-refractivity contribution >= 4 is 35.6 Å². The van der Waals surface area contributed by atoms with Crippen LogP contribution in [0.2, 0.25) is 0 Å². The molecule has 0 saturated carbocycles. The van der Waals surface area contributed by atoms with Crippen LogP contribution >= 0.6 is 24.0 Å². The van der Waals surface area contributed by atoms with E-state index in [0.29, 0.717) is 6.61 Å². The summed E-state index contributed by atoms with van der Waals surface area (Å²) < 4.78 is 5.46. The first-order valence-electron chi connectivity index (χ1n) is 7.57. The van der Waals surface area contributed by atoms with Crippen LogP contribution in [0.5, 0.6) is 0 Å². The molecule has 1 unspecified atom stereocenters. The highest BCUT2D eigenvalue weighted by atomic mass is 127. The van der Waals surface area contributed by atoms with Crippen LogP contribution in [0.1, 0.15) is 11.1 Å². The predicted octanol–water partition coefficient (Wildman–Crippen LogP) is 2.92. The zero-order valence-corrected chi connectivity index (χ0v) is 16.0. The van der Waals surface area contributed by atoms with E-state index in [-0.39, 0.29) is 43.1 Å². The van der Waals surface area contributed by atoms with E-state index in [1.54, 1.807) is 0 Å². The van der Waals surface area contributed by atoms with Crippen molar-refractivity contribution in [3.63, 3.8) is 0 Å². The van der Waals surface area contributed by atoms with E-state index in [2.05, 4.69) is 10.3 Å². The van der Waals surface area contributed by atoms with Crippen LogP contribution in [-0.2, 0) is 11.3 Å². The molecule has 130 valence electrons. The number of nitrogens with one attached hydrogen (secondary N) is 1. The molecule has 0 saturated heterocycles. The van der Waals surface area contributed by atoms with E-state index >= 15 is 0 Å². The summed E-state index contributed by atoms with van der Waals surface area (Å²) in [6.07, 6.45) is -0.683. The third kappa shape index (κ3) is 7.76. The standard InChI is InChI=1S/C18H23N3O2.HI/c1-14-7-9-16(10-8-14)21-18(19)20-11-17(22)13-23-12-15-5-3-2-4-6-15;/h2-10,17,22H,11-13H2,1H3,(H3,19,20,21);1H. The summed E-state index contributed by atoms with van der Waals surface area (Å²) in [5, 5.41) is 12.8. The number of anilines is 1. The minimum Gasteiger partial charge on any atom is -0.389 e. The van der Waals surface area contributed by atoms with Crippen LogP contribution in [0, 0.1) is 6.92 Å². The maximum atomic E-state index is 9.86. The molecule has 2 rings (SSSR count). The smallest absolute Gasteiger partial charge is 0.193 e. The highest BCUT2D eigenvalue weighted by Gasteiger charge is 2.04. The number of benzene rings is 2. The lowest BCUT2D eigenvalue weighted by Gasteiger charge is -2.10. The summed E-state index contributed by atoms with van der Waals surface area (Å²) >= 11 is 0. The molecular formula is C18H24IN3O2. The topological polar surface area (TPSA) is 79.9 Å². The van der Waals surface area contributed by atoms with Gasteiger partial charge in [0.2, 0.25) is 0 Å². The summed E-state index contributed by atoms with van der Waals surface area (Å²) in [6, 6.07) is 17.7. The average molecular weight is 441 g/mol. The Morgan fingerprint density at radius 1 is 1.17 bits per heavy atom. The van der Waals surface area contributed by atoms with E-state index in [1.165, 1.54) is 5.56 Å². The number of ether oxygens (including phenoxy) is 1. The summed E-state index contributed by atoms with van der Waals surface area (Å²) in [6.45, 7) is 2.90. The van der Waals surface area contributed by atoms with Gasteiger partial charge in [0, 0.05) is 5.69 Å². The fourth-order valence-electron chi connectivity index (χ4n) is 1.97. The number of guanidine groups is 1. The van der Waals surface area contributed by atoms with Gasteiger partial charge in [-0.2, -0.15) is 0 Å². The minimum atomic E-state index is -0.683. The number of aliphatic hydroxyl groups excluding tert-OH is 1. The number of hydrogen-bond donors (Lipinski definition) is 3. The highest BCUT2D eigenvalue weighted by Crippen LogP contribution is 2.07. The van der Waals surface area contributed by atoms with E-state index < -0.39 is 6.10 Å². The van der Waals surface area contributed by atoms with E-state index in [4.69, 9.17) is 10.5 Å². The van der Waals surface area contributed by atoms with Crippen LogP contribution in [0.15, 0.2) is 59.6 Å². The van der Waals surface area contributed by atoms with Crippen molar-refractivity contribution in [2.24, 2.45) is 10.7 Å². The number of nitrogens with two attached hydrogens (primary N) is 1. The monoisotopic (exact) mass is 441 g/mol. The fourth-order valence-corrected chi connectivity index (χ4v) is 1.97. The second-order valence-corrected chi connectivity index (χ2v) is 5.37. The Bertz CT molecular complexity index is 618. The van der Waals surface area contributed by atoms with Gasteiger partial charge in [0.15, 0.2) is 5.96 Å². The molecule has 0 aromatic heterocycles. The quantitative estimate of drug-likeness (QED) is 0.351. The highest BCUT2D eigenvalue weighted by molar-refractivity contribution is 14.0. The molecule has 0 aliphatic carbocycles. The van der Waals surface area contributed by atoms with E-state index in [1.807, 2.05) is 61.5 Å². The van der Waals surface area contributed by atoms with E-state index in [0.717, 1.165) is 11.3 Å². The number of aryl methyl sites for hydroxylation is 1. The third-order valence-electron chi connectivity index (χ3n) is 3.22. The van der Waals surface area contributed by atoms with Crippen LogP contribution in [0.4, 0.5) is 5.69 Å². The Morgan fingerprint density at radius 2 is 1.83 bits per heavy atom. The Balaban J connectivity index is 0.00000288. The van der Waals surface area contributed by atoms with Gasteiger partial charge in [0.05, 0.1) is 25.9 Å². The zero-order valence-electron chi connectivity index (χ0n) is 13.7. The second kappa shape index (κ2) is 11.0. The number of hydrogen-bond acceptors (Lipinski definition) is 3. The lowest BCUT2D eigenvalue weighted by Crippen LogP contribution is -2.26. The van der Waals surface area contributed by atoms with Gasteiger partial charge in [0.1, 0.15) is 0 Å². The first-order valence-corrected chi connectivity index (χ1v) is 7.57. The molecular weight excluding hydrogens is 417 g/mol. The molecule has 0 radical (unpaired) electrons. The van der Waals surface area contributed by atoms with Gasteiger partial charge in [-0.3, -0.25) is 4.99 Å². The predicted molar refractivity (Wildman–Crippen MR) is 109 cm³/mol. The maximum absolute atomic E-state index is 9.86. The van der Waals surface area contributed by atoms with Crippen LogP contribution in [-0.4, -0.2) is 30.3 Å². The Kier molecular flexibility index (Phi) is 9.36. The van der Waals surface area contributed by atoms with Crippen molar-refractivity contribution in [3.05, 3.63) is 65.7 Å². The summed E-state index contributed by atoms with van der Waals surface area (Å²) in [5.74, 6) is 0.274. The van der Waals surface area contributed by atoms with Crippen molar-refractivity contribution < 1.29 is 9.84 Å². The molecule has 2 aromatic carbocycles. The molecule has 0 heterocycles.